The Morgan fingerprint density at radius 3 is 2.41 bits per heavy atom. The van der Waals surface area contributed by atoms with Crippen molar-refractivity contribution in [3.05, 3.63) is 36.0 Å². The van der Waals surface area contributed by atoms with E-state index in [0.717, 1.165) is 17.0 Å². The Morgan fingerprint density at radius 1 is 1.12 bits per heavy atom. The number of rotatable bonds is 3. The molecule has 1 heterocycles. The molecule has 1 N–H and O–H groups in total. The molecular formula is C13H15N3S. The quantitative estimate of drug-likeness (QED) is 0.843. The molecule has 2 rings (SSSR count). The van der Waals surface area contributed by atoms with Crippen molar-refractivity contribution in [2.75, 3.05) is 18.6 Å². The third-order valence-corrected chi connectivity index (χ3v) is 3.21. The monoisotopic (exact) mass is 245 g/mol. The molecule has 0 saturated carbocycles. The molecule has 0 fully saturated rings. The van der Waals surface area contributed by atoms with Crippen LogP contribution in [0.5, 0.6) is 0 Å². The summed E-state index contributed by atoms with van der Waals surface area (Å²) in [5, 5.41) is 2.97. The summed E-state index contributed by atoms with van der Waals surface area (Å²) < 4.78 is 0. The summed E-state index contributed by atoms with van der Waals surface area (Å²) >= 11 is 1.74. The van der Waals surface area contributed by atoms with Crippen LogP contribution in [-0.4, -0.2) is 23.3 Å². The normalized spacial score (nSPS) is 10.3. The fourth-order valence-electron chi connectivity index (χ4n) is 1.59. The van der Waals surface area contributed by atoms with Gasteiger partial charge in [0, 0.05) is 23.2 Å². The Hall–Kier alpha value is -1.55. The van der Waals surface area contributed by atoms with Gasteiger partial charge in [-0.25, -0.2) is 9.97 Å². The molecule has 1 aromatic carbocycles. The van der Waals surface area contributed by atoms with Crippen LogP contribution in [0, 0.1) is 6.92 Å². The summed E-state index contributed by atoms with van der Waals surface area (Å²) in [5.74, 6) is 0.661. The van der Waals surface area contributed by atoms with Crippen LogP contribution in [0.3, 0.4) is 0 Å². The average Bonchev–Trinajstić information content (AvgIpc) is 2.38. The molecule has 0 spiro atoms. The minimum Gasteiger partial charge on any atom is -0.357 e. The molecule has 3 nitrogen and oxygen atoms in total. The van der Waals surface area contributed by atoms with Crippen molar-refractivity contribution in [2.24, 2.45) is 0 Å². The summed E-state index contributed by atoms with van der Waals surface area (Å²) in [6.07, 6.45) is 2.07. The van der Waals surface area contributed by atoms with E-state index in [-0.39, 0.29) is 0 Å². The highest BCUT2D eigenvalue weighted by Crippen LogP contribution is 2.22. The molecule has 0 aliphatic rings. The Bertz CT molecular complexity index is 509. The molecule has 88 valence electrons. The Morgan fingerprint density at radius 2 is 1.82 bits per heavy atom. The van der Waals surface area contributed by atoms with Gasteiger partial charge in [-0.2, -0.15) is 0 Å². The first-order valence-corrected chi connectivity index (χ1v) is 6.63. The van der Waals surface area contributed by atoms with Gasteiger partial charge >= 0.3 is 0 Å². The molecule has 0 bridgehead atoms. The van der Waals surface area contributed by atoms with Gasteiger partial charge in [0.25, 0.3) is 0 Å². The van der Waals surface area contributed by atoms with Crippen LogP contribution >= 0.6 is 11.8 Å². The molecule has 0 amide bonds. The predicted molar refractivity (Wildman–Crippen MR) is 73.5 cm³/mol. The fourth-order valence-corrected chi connectivity index (χ4v) is 2.00. The van der Waals surface area contributed by atoms with E-state index in [4.69, 9.17) is 0 Å². The lowest BCUT2D eigenvalue weighted by molar-refractivity contribution is 1.10. The second kappa shape index (κ2) is 5.19. The van der Waals surface area contributed by atoms with Crippen LogP contribution in [0.2, 0.25) is 0 Å². The number of hydrogen-bond donors (Lipinski definition) is 1. The van der Waals surface area contributed by atoms with Crippen molar-refractivity contribution in [1.29, 1.82) is 0 Å². The standard InChI is InChI=1S/C13H15N3S/c1-9-8-12(16-13(14-2)15-9)10-4-6-11(17-3)7-5-10/h4-8H,1-3H3,(H,14,15,16). The summed E-state index contributed by atoms with van der Waals surface area (Å²) in [6.45, 7) is 1.97. The van der Waals surface area contributed by atoms with Gasteiger partial charge in [-0.1, -0.05) is 12.1 Å². The van der Waals surface area contributed by atoms with Gasteiger partial charge in [0.1, 0.15) is 0 Å². The zero-order valence-electron chi connectivity index (χ0n) is 10.2. The zero-order chi connectivity index (χ0) is 12.3. The van der Waals surface area contributed by atoms with Crippen LogP contribution in [0.1, 0.15) is 5.69 Å². The van der Waals surface area contributed by atoms with E-state index in [9.17, 15) is 0 Å². The van der Waals surface area contributed by atoms with Crippen molar-refractivity contribution in [3.8, 4) is 11.3 Å². The van der Waals surface area contributed by atoms with E-state index in [2.05, 4.69) is 45.8 Å². The maximum absolute atomic E-state index is 4.45. The third kappa shape index (κ3) is 2.77. The summed E-state index contributed by atoms with van der Waals surface area (Å²) in [5.41, 5.74) is 3.03. The number of nitrogens with zero attached hydrogens (tertiary/aromatic N) is 2. The van der Waals surface area contributed by atoms with E-state index < -0.39 is 0 Å². The minimum atomic E-state index is 0.661. The number of hydrogen-bond acceptors (Lipinski definition) is 4. The summed E-state index contributed by atoms with van der Waals surface area (Å²) in [6, 6.07) is 10.4. The van der Waals surface area contributed by atoms with Crippen LogP contribution in [0.25, 0.3) is 11.3 Å². The summed E-state index contributed by atoms with van der Waals surface area (Å²) in [7, 11) is 1.83. The maximum Gasteiger partial charge on any atom is 0.223 e. The highest BCUT2D eigenvalue weighted by molar-refractivity contribution is 7.98. The molecular weight excluding hydrogens is 230 g/mol. The molecule has 0 atom stereocenters. The van der Waals surface area contributed by atoms with Crippen LogP contribution in [0.4, 0.5) is 5.95 Å². The van der Waals surface area contributed by atoms with Crippen LogP contribution in [-0.2, 0) is 0 Å². The predicted octanol–water partition coefficient (Wildman–Crippen LogP) is 3.22. The van der Waals surface area contributed by atoms with Gasteiger partial charge in [0.05, 0.1) is 5.69 Å². The summed E-state index contributed by atoms with van der Waals surface area (Å²) in [4.78, 5) is 9.99. The molecule has 0 unspecified atom stereocenters. The van der Waals surface area contributed by atoms with E-state index in [0.29, 0.717) is 5.95 Å². The number of aryl methyl sites for hydroxylation is 1. The molecule has 0 aliphatic heterocycles. The highest BCUT2D eigenvalue weighted by atomic mass is 32.2. The maximum atomic E-state index is 4.45. The van der Waals surface area contributed by atoms with Crippen molar-refractivity contribution in [1.82, 2.24) is 9.97 Å². The van der Waals surface area contributed by atoms with Gasteiger partial charge in [-0.05, 0) is 31.4 Å². The van der Waals surface area contributed by atoms with Crippen molar-refractivity contribution in [2.45, 2.75) is 11.8 Å². The van der Waals surface area contributed by atoms with Crippen molar-refractivity contribution in [3.63, 3.8) is 0 Å². The lowest BCUT2D eigenvalue weighted by Crippen LogP contribution is -1.99. The molecule has 1 aromatic heterocycles. The highest BCUT2D eigenvalue weighted by Gasteiger charge is 2.03. The van der Waals surface area contributed by atoms with Gasteiger partial charge < -0.3 is 5.32 Å². The second-order valence-electron chi connectivity index (χ2n) is 3.70. The first kappa shape index (κ1) is 11.9. The van der Waals surface area contributed by atoms with E-state index in [1.165, 1.54) is 4.90 Å². The number of aromatic nitrogens is 2. The Balaban J connectivity index is 2.41. The van der Waals surface area contributed by atoms with Gasteiger partial charge in [0.15, 0.2) is 0 Å². The second-order valence-corrected chi connectivity index (χ2v) is 4.58. The van der Waals surface area contributed by atoms with E-state index in [1.807, 2.05) is 20.0 Å². The topological polar surface area (TPSA) is 37.8 Å². The number of anilines is 1. The smallest absolute Gasteiger partial charge is 0.223 e. The number of nitrogens with one attached hydrogen (secondary N) is 1. The van der Waals surface area contributed by atoms with Gasteiger partial charge in [-0.3, -0.25) is 0 Å². The minimum absolute atomic E-state index is 0.661. The van der Waals surface area contributed by atoms with Crippen LogP contribution < -0.4 is 5.32 Å². The Kier molecular flexibility index (Phi) is 3.64. The SMILES string of the molecule is CNc1nc(C)cc(-c2ccc(SC)cc2)n1. The van der Waals surface area contributed by atoms with Gasteiger partial charge in [-0.15, -0.1) is 11.8 Å². The molecule has 2 aromatic rings. The molecule has 0 saturated heterocycles. The van der Waals surface area contributed by atoms with Crippen molar-refractivity contribution >= 4 is 17.7 Å². The largest absolute Gasteiger partial charge is 0.357 e. The number of thioether (sulfide) groups is 1. The third-order valence-electron chi connectivity index (χ3n) is 2.46. The molecule has 17 heavy (non-hydrogen) atoms. The molecule has 0 aliphatic carbocycles. The lowest BCUT2D eigenvalue weighted by atomic mass is 10.1. The lowest BCUT2D eigenvalue weighted by Gasteiger charge is -2.06. The first-order chi connectivity index (χ1) is 8.22. The van der Waals surface area contributed by atoms with Crippen molar-refractivity contribution < 1.29 is 0 Å². The van der Waals surface area contributed by atoms with Crippen LogP contribution in [0.15, 0.2) is 35.2 Å². The van der Waals surface area contributed by atoms with Gasteiger partial charge in [0.2, 0.25) is 5.95 Å². The van der Waals surface area contributed by atoms with E-state index >= 15 is 0 Å². The van der Waals surface area contributed by atoms with E-state index in [1.54, 1.807) is 11.8 Å². The molecule has 0 radical (unpaired) electrons. The number of benzene rings is 1. The first-order valence-electron chi connectivity index (χ1n) is 5.41. The zero-order valence-corrected chi connectivity index (χ0v) is 11.0. The Labute approximate surface area is 106 Å². The molecule has 4 heteroatoms. The average molecular weight is 245 g/mol. The fraction of sp³-hybridized carbons (Fsp3) is 0.231.